The molecular weight excluding hydrogens is 180 g/mol. The fraction of sp³-hybridized carbons (Fsp3) is 0.733. The minimum absolute atomic E-state index is 0.790. The molecule has 0 aromatic heterocycles. The van der Waals surface area contributed by atoms with Gasteiger partial charge in [0.25, 0.3) is 0 Å². The molecule has 6 atom stereocenters. The van der Waals surface area contributed by atoms with E-state index in [-0.39, 0.29) is 0 Å². The van der Waals surface area contributed by atoms with E-state index in [0.717, 1.165) is 35.0 Å². The molecule has 0 N–H and O–H groups in total. The van der Waals surface area contributed by atoms with Gasteiger partial charge < -0.3 is 0 Å². The Morgan fingerprint density at radius 3 is 2.93 bits per heavy atom. The first kappa shape index (κ1) is 7.70. The quantitative estimate of drug-likeness (QED) is 0.522. The lowest BCUT2D eigenvalue weighted by Gasteiger charge is -2.47. The van der Waals surface area contributed by atoms with Gasteiger partial charge in [-0.25, -0.2) is 0 Å². The highest BCUT2D eigenvalue weighted by molar-refractivity contribution is 5.36. The van der Waals surface area contributed by atoms with E-state index in [1.165, 1.54) is 25.7 Å². The monoisotopic (exact) mass is 198 g/mol. The largest absolute Gasteiger partial charge is 0.0882 e. The SMILES string of the molecule is C1=CCC2C(C1)C1CC23CC2=CC3C1C2. The van der Waals surface area contributed by atoms with Crippen molar-refractivity contribution in [1.82, 2.24) is 0 Å². The maximum atomic E-state index is 2.69. The molecule has 0 aliphatic heterocycles. The van der Waals surface area contributed by atoms with Crippen LogP contribution in [-0.4, -0.2) is 0 Å². The minimum atomic E-state index is 0.790. The van der Waals surface area contributed by atoms with Crippen LogP contribution < -0.4 is 0 Å². The summed E-state index contributed by atoms with van der Waals surface area (Å²) in [6.45, 7) is 0. The molecule has 78 valence electrons. The molecule has 0 aromatic carbocycles. The van der Waals surface area contributed by atoms with E-state index in [2.05, 4.69) is 18.2 Å². The van der Waals surface area contributed by atoms with Crippen LogP contribution in [0, 0.1) is 35.0 Å². The molecule has 1 spiro atoms. The standard InChI is InChI=1S/C15H18/c1-2-4-13-10(3-1)12-8-15(13)7-9-5-11(12)14(15)6-9/h1-2,6,10-14H,3-5,7-8H2. The summed E-state index contributed by atoms with van der Waals surface area (Å²) in [4.78, 5) is 0. The van der Waals surface area contributed by atoms with E-state index in [1.54, 1.807) is 6.42 Å². The first-order valence-electron chi connectivity index (χ1n) is 6.73. The van der Waals surface area contributed by atoms with Crippen LogP contribution in [0.15, 0.2) is 23.8 Å². The van der Waals surface area contributed by atoms with Crippen molar-refractivity contribution < 1.29 is 0 Å². The maximum Gasteiger partial charge on any atom is -0.0134 e. The van der Waals surface area contributed by atoms with Crippen molar-refractivity contribution in [1.29, 1.82) is 0 Å². The Labute approximate surface area is 91.4 Å². The molecule has 5 aliphatic carbocycles. The molecule has 15 heavy (non-hydrogen) atoms. The highest BCUT2D eigenvalue weighted by Gasteiger charge is 2.69. The Morgan fingerprint density at radius 1 is 1.07 bits per heavy atom. The fourth-order valence-electron chi connectivity index (χ4n) is 6.32. The summed E-state index contributed by atoms with van der Waals surface area (Å²) in [5, 5.41) is 0. The predicted octanol–water partition coefficient (Wildman–Crippen LogP) is 3.55. The molecule has 0 aromatic rings. The van der Waals surface area contributed by atoms with Crippen LogP contribution in [0.1, 0.15) is 32.1 Å². The lowest BCUT2D eigenvalue weighted by Crippen LogP contribution is -2.41. The fourth-order valence-corrected chi connectivity index (χ4v) is 6.32. The Balaban J connectivity index is 1.69. The van der Waals surface area contributed by atoms with Gasteiger partial charge in [0.1, 0.15) is 0 Å². The molecule has 6 unspecified atom stereocenters. The van der Waals surface area contributed by atoms with Gasteiger partial charge in [-0.15, -0.1) is 0 Å². The van der Waals surface area contributed by atoms with Crippen molar-refractivity contribution in [2.75, 3.05) is 0 Å². The molecule has 0 amide bonds. The van der Waals surface area contributed by atoms with Crippen molar-refractivity contribution in [2.24, 2.45) is 35.0 Å². The number of rotatable bonds is 0. The maximum absolute atomic E-state index is 2.69. The lowest BCUT2D eigenvalue weighted by molar-refractivity contribution is 0.0422. The van der Waals surface area contributed by atoms with Crippen molar-refractivity contribution in [3.63, 3.8) is 0 Å². The van der Waals surface area contributed by atoms with E-state index in [4.69, 9.17) is 0 Å². The molecule has 0 nitrogen and oxygen atoms in total. The van der Waals surface area contributed by atoms with Crippen molar-refractivity contribution in [3.05, 3.63) is 23.8 Å². The second kappa shape index (κ2) is 2.12. The van der Waals surface area contributed by atoms with Gasteiger partial charge in [0, 0.05) is 0 Å². The summed E-state index contributed by atoms with van der Waals surface area (Å²) >= 11 is 0. The third-order valence-electron chi connectivity index (χ3n) is 6.53. The van der Waals surface area contributed by atoms with Gasteiger partial charge in [-0.05, 0) is 67.1 Å². The molecule has 0 radical (unpaired) electrons. The molecule has 0 heteroatoms. The zero-order chi connectivity index (χ0) is 9.62. The zero-order valence-electron chi connectivity index (χ0n) is 9.15. The first-order valence-corrected chi connectivity index (χ1v) is 6.73. The summed E-state index contributed by atoms with van der Waals surface area (Å²) in [6.07, 6.45) is 15.0. The van der Waals surface area contributed by atoms with Crippen LogP contribution >= 0.6 is 0 Å². The number of fused-ring (bicyclic) bond motifs is 4. The van der Waals surface area contributed by atoms with Gasteiger partial charge in [-0.3, -0.25) is 0 Å². The van der Waals surface area contributed by atoms with Crippen LogP contribution in [0.3, 0.4) is 0 Å². The topological polar surface area (TPSA) is 0 Å². The average Bonchev–Trinajstić information content (AvgIpc) is 2.91. The predicted molar refractivity (Wildman–Crippen MR) is 60.2 cm³/mol. The van der Waals surface area contributed by atoms with Crippen LogP contribution in [0.5, 0.6) is 0 Å². The Bertz CT molecular complexity index is 402. The third-order valence-corrected chi connectivity index (χ3v) is 6.53. The summed E-state index contributed by atoms with van der Waals surface area (Å²) in [6, 6.07) is 0. The number of hydrogen-bond donors (Lipinski definition) is 0. The van der Waals surface area contributed by atoms with Gasteiger partial charge in [-0.1, -0.05) is 23.8 Å². The van der Waals surface area contributed by atoms with Gasteiger partial charge in [0.15, 0.2) is 0 Å². The van der Waals surface area contributed by atoms with E-state index in [0.29, 0.717) is 0 Å². The van der Waals surface area contributed by atoms with Gasteiger partial charge in [0.2, 0.25) is 0 Å². The van der Waals surface area contributed by atoms with Gasteiger partial charge >= 0.3 is 0 Å². The van der Waals surface area contributed by atoms with Crippen LogP contribution in [0.2, 0.25) is 0 Å². The van der Waals surface area contributed by atoms with Crippen molar-refractivity contribution in [2.45, 2.75) is 32.1 Å². The molecule has 5 rings (SSSR count). The molecule has 5 aliphatic rings. The summed E-state index contributed by atoms with van der Waals surface area (Å²) in [5.74, 6) is 5.40. The van der Waals surface area contributed by atoms with E-state index in [1.807, 2.05) is 5.57 Å². The summed E-state index contributed by atoms with van der Waals surface area (Å²) < 4.78 is 0. The smallest absolute Gasteiger partial charge is 0.0134 e. The number of hydrogen-bond acceptors (Lipinski definition) is 0. The van der Waals surface area contributed by atoms with Gasteiger partial charge in [-0.2, -0.15) is 0 Å². The summed E-state index contributed by atoms with van der Waals surface area (Å²) in [7, 11) is 0. The summed E-state index contributed by atoms with van der Waals surface area (Å²) in [5.41, 5.74) is 2.64. The molecule has 2 saturated carbocycles. The normalized spacial score (nSPS) is 62.4. The molecular formula is C15H18. The highest BCUT2D eigenvalue weighted by Crippen LogP contribution is 2.77. The van der Waals surface area contributed by atoms with E-state index >= 15 is 0 Å². The molecule has 0 heterocycles. The van der Waals surface area contributed by atoms with Crippen molar-refractivity contribution >= 4 is 0 Å². The molecule has 4 bridgehead atoms. The van der Waals surface area contributed by atoms with Crippen LogP contribution in [0.25, 0.3) is 0 Å². The number of allylic oxidation sites excluding steroid dienone is 4. The minimum Gasteiger partial charge on any atom is -0.0882 e. The van der Waals surface area contributed by atoms with Crippen LogP contribution in [-0.2, 0) is 0 Å². The van der Waals surface area contributed by atoms with E-state index < -0.39 is 0 Å². The van der Waals surface area contributed by atoms with Crippen molar-refractivity contribution in [3.8, 4) is 0 Å². The third kappa shape index (κ3) is 0.645. The second-order valence-corrected chi connectivity index (χ2v) is 6.71. The molecule has 2 fully saturated rings. The Hall–Kier alpha value is -0.520. The van der Waals surface area contributed by atoms with Crippen LogP contribution in [0.4, 0.5) is 0 Å². The first-order chi connectivity index (χ1) is 7.38. The highest BCUT2D eigenvalue weighted by atomic mass is 14.7. The van der Waals surface area contributed by atoms with Gasteiger partial charge in [0.05, 0.1) is 0 Å². The Kier molecular flexibility index (Phi) is 1.09. The van der Waals surface area contributed by atoms with E-state index in [9.17, 15) is 0 Å². The lowest BCUT2D eigenvalue weighted by atomic mass is 9.57. The molecule has 0 saturated heterocycles. The Morgan fingerprint density at radius 2 is 2.00 bits per heavy atom. The zero-order valence-corrected chi connectivity index (χ0v) is 9.15. The second-order valence-electron chi connectivity index (χ2n) is 6.71. The average molecular weight is 198 g/mol.